The first-order valence-corrected chi connectivity index (χ1v) is 17.4. The lowest BCUT2D eigenvalue weighted by molar-refractivity contribution is -0.671. The van der Waals surface area contributed by atoms with Crippen molar-refractivity contribution in [1.29, 1.82) is 0 Å². The van der Waals surface area contributed by atoms with E-state index >= 15 is 0 Å². The zero-order chi connectivity index (χ0) is 36.3. The van der Waals surface area contributed by atoms with E-state index in [-0.39, 0.29) is 0 Å². The average Bonchev–Trinajstić information content (AvgIpc) is 3.79. The second kappa shape index (κ2) is 12.3. The number of pyridine rings is 3. The van der Waals surface area contributed by atoms with E-state index in [1.54, 1.807) is 0 Å². The quantitative estimate of drug-likeness (QED) is 0.176. The van der Waals surface area contributed by atoms with Crippen molar-refractivity contribution < 1.29 is 27.9 Å². The molecule has 0 amide bonds. The van der Waals surface area contributed by atoms with Crippen molar-refractivity contribution in [2.45, 2.75) is 0 Å². The summed E-state index contributed by atoms with van der Waals surface area (Å²) in [6, 6.07) is 29.3. The fraction of sp³-hybridized carbons (Fsp3) is 0.0714. The molecule has 1 aliphatic heterocycles. The Morgan fingerprint density at radius 2 is 0.833 bits per heavy atom. The summed E-state index contributed by atoms with van der Waals surface area (Å²) in [7, 11) is 5.88. The molecule has 260 valence electrons. The van der Waals surface area contributed by atoms with Crippen molar-refractivity contribution >= 4 is 44.1 Å². The lowest BCUT2D eigenvalue weighted by Crippen LogP contribution is -2.25. The van der Waals surface area contributed by atoms with Crippen molar-refractivity contribution in [3.8, 4) is 57.3 Å². The van der Waals surface area contributed by atoms with Crippen LogP contribution in [-0.2, 0) is 21.1 Å². The highest BCUT2D eigenvalue weighted by Crippen LogP contribution is 2.39. The second-order valence-electron chi connectivity index (χ2n) is 13.3. The van der Waals surface area contributed by atoms with Gasteiger partial charge in [0, 0.05) is 50.9 Å². The minimum absolute atomic E-state index is 0.493. The van der Waals surface area contributed by atoms with Gasteiger partial charge in [0.1, 0.15) is 61.0 Å². The number of aryl methyl sites for hydroxylation is 3. The van der Waals surface area contributed by atoms with Crippen LogP contribution >= 0.6 is 0 Å². The Kier molecular flexibility index (Phi) is 7.15. The Morgan fingerprint density at radius 1 is 0.407 bits per heavy atom. The fourth-order valence-electron chi connectivity index (χ4n) is 6.78. The van der Waals surface area contributed by atoms with Crippen LogP contribution in [0.25, 0.3) is 66.9 Å². The molecule has 3 aromatic carbocycles. The number of aromatic amines is 2. The molecule has 0 saturated heterocycles. The predicted molar refractivity (Wildman–Crippen MR) is 201 cm³/mol. The molecule has 0 aliphatic carbocycles. The maximum Gasteiger partial charge on any atom is 0.211 e. The zero-order valence-electron chi connectivity index (χ0n) is 29.5. The molecule has 0 saturated carbocycles. The van der Waals surface area contributed by atoms with Gasteiger partial charge in [-0.25, -0.2) is 33.6 Å². The van der Waals surface area contributed by atoms with Gasteiger partial charge >= 0.3 is 0 Å². The van der Waals surface area contributed by atoms with Crippen LogP contribution in [0, 0.1) is 0 Å². The summed E-state index contributed by atoms with van der Waals surface area (Å²) in [4.78, 5) is 27.4. The van der Waals surface area contributed by atoms with Crippen molar-refractivity contribution in [2.75, 3.05) is 0 Å². The number of aromatic nitrogens is 9. The maximum atomic E-state index is 6.30. The summed E-state index contributed by atoms with van der Waals surface area (Å²) < 4.78 is 24.7. The van der Waals surface area contributed by atoms with E-state index in [2.05, 4.69) is 9.97 Å². The Balaban J connectivity index is 1.20. The molecule has 6 bridgehead atoms. The first-order chi connectivity index (χ1) is 26.4. The van der Waals surface area contributed by atoms with E-state index in [1.165, 1.54) is 0 Å². The molecule has 0 fully saturated rings. The van der Waals surface area contributed by atoms with E-state index in [0.717, 1.165) is 38.4 Å². The van der Waals surface area contributed by atoms with Crippen LogP contribution < -0.4 is 27.9 Å². The number of H-pyrrole nitrogens is 2. The van der Waals surface area contributed by atoms with Gasteiger partial charge in [-0.3, -0.25) is 0 Å². The van der Waals surface area contributed by atoms with Gasteiger partial charge in [-0.05, 0) is 72.8 Å². The topological polar surface area (TPSA) is 122 Å². The summed E-state index contributed by atoms with van der Waals surface area (Å²) in [5.74, 6) is 5.14. The van der Waals surface area contributed by atoms with Crippen LogP contribution in [0.15, 0.2) is 128 Å². The Bertz CT molecular complexity index is 3050. The smallest absolute Gasteiger partial charge is 0.211 e. The van der Waals surface area contributed by atoms with E-state index in [9.17, 15) is 0 Å². The second-order valence-corrected chi connectivity index (χ2v) is 13.3. The molecule has 12 heteroatoms. The molecule has 6 aromatic heterocycles. The van der Waals surface area contributed by atoms with Gasteiger partial charge in [0.25, 0.3) is 0 Å². The molecule has 10 rings (SSSR count). The number of rotatable bonds is 6. The summed E-state index contributed by atoms with van der Waals surface area (Å²) in [5, 5.41) is 3.39. The molecule has 0 spiro atoms. The van der Waals surface area contributed by atoms with Crippen molar-refractivity contribution in [3.63, 3.8) is 0 Å². The lowest BCUT2D eigenvalue weighted by atomic mass is 10.1. The first kappa shape index (κ1) is 31.3. The molecule has 54 heavy (non-hydrogen) atoms. The highest BCUT2D eigenvalue weighted by Gasteiger charge is 2.22. The van der Waals surface area contributed by atoms with Crippen LogP contribution in [0.4, 0.5) is 0 Å². The van der Waals surface area contributed by atoms with Gasteiger partial charge in [-0.2, -0.15) is 0 Å². The highest BCUT2D eigenvalue weighted by atomic mass is 16.5. The van der Waals surface area contributed by atoms with Gasteiger partial charge in [-0.15, -0.1) is 0 Å². The number of hydrogen-bond acceptors (Lipinski definition) is 7. The minimum Gasteiger partial charge on any atom is -0.451 e. The first-order valence-electron chi connectivity index (χ1n) is 17.4. The summed E-state index contributed by atoms with van der Waals surface area (Å²) in [5.41, 5.74) is 4.05. The van der Waals surface area contributed by atoms with E-state index in [0.29, 0.717) is 63.0 Å². The van der Waals surface area contributed by atoms with Crippen molar-refractivity contribution in [1.82, 2.24) is 29.9 Å². The summed E-state index contributed by atoms with van der Waals surface area (Å²) >= 11 is 0. The summed E-state index contributed by atoms with van der Waals surface area (Å²) in [6.07, 6.45) is 11.6. The van der Waals surface area contributed by atoms with Gasteiger partial charge in [0.15, 0.2) is 47.5 Å². The fourth-order valence-corrected chi connectivity index (χ4v) is 6.78. The standard InChI is InChI=1S/C42H32N9O3/c1-49-16-4-7-28(22-49)52-25-10-13-31-34(19-25)40-44-37(31)43-38-32-14-11-26(53-29-8-5-17-50(2)23-29)20-35(32)41(45-38)48-42-36-21-27(12-15-33(36)39(46-40)47-42)54-30-9-6-18-51(3)24-30/h4-24H,1-3H3,(H2,43,44,45,46,47,48)/q+3. The van der Waals surface area contributed by atoms with E-state index < -0.39 is 0 Å². The highest BCUT2D eigenvalue weighted by molar-refractivity contribution is 6.08. The predicted octanol–water partition coefficient (Wildman–Crippen LogP) is 7.16. The molecular weight excluding hydrogens is 679 g/mol. The number of hydrogen-bond donors (Lipinski definition) is 2. The lowest BCUT2D eigenvalue weighted by Gasteiger charge is -2.06. The average molecular weight is 711 g/mol. The molecule has 1 aliphatic rings. The Labute approximate surface area is 307 Å². The van der Waals surface area contributed by atoms with Crippen LogP contribution in [0.1, 0.15) is 0 Å². The van der Waals surface area contributed by atoms with Crippen molar-refractivity contribution in [3.05, 3.63) is 128 Å². The van der Waals surface area contributed by atoms with E-state index in [4.69, 9.17) is 34.1 Å². The molecule has 0 unspecified atom stereocenters. The van der Waals surface area contributed by atoms with Crippen LogP contribution in [-0.4, -0.2) is 29.9 Å². The van der Waals surface area contributed by atoms with Crippen LogP contribution in [0.5, 0.6) is 34.5 Å². The molecule has 2 N–H and O–H groups in total. The third kappa shape index (κ3) is 5.71. The number of nitrogens with one attached hydrogen (secondary N) is 2. The van der Waals surface area contributed by atoms with Gasteiger partial charge < -0.3 is 24.2 Å². The van der Waals surface area contributed by atoms with Gasteiger partial charge in [-0.1, -0.05) is 0 Å². The molecule has 7 heterocycles. The molecule has 12 nitrogen and oxygen atoms in total. The minimum atomic E-state index is 0.493. The van der Waals surface area contributed by atoms with E-state index in [1.807, 2.05) is 163 Å². The molecular formula is C42H32N9O3+3. The molecule has 0 radical (unpaired) electrons. The number of benzene rings is 3. The number of fused-ring (bicyclic) bond motifs is 15. The maximum absolute atomic E-state index is 6.30. The monoisotopic (exact) mass is 710 g/mol. The van der Waals surface area contributed by atoms with Crippen LogP contribution in [0.3, 0.4) is 0 Å². The largest absolute Gasteiger partial charge is 0.451 e. The Morgan fingerprint density at radius 3 is 1.35 bits per heavy atom. The Hall–Kier alpha value is -7.47. The van der Waals surface area contributed by atoms with Crippen molar-refractivity contribution in [2.24, 2.45) is 21.1 Å². The SMILES string of the molecule is C[n+]1cccc(Oc2ccc3c(c2)-c2nc-3nc3[nH]c(nc4[nH]c(n2)c2cc(Oc5ccc[n+](C)c5)ccc42)c2cc(Oc4ccc[n+](C)c4)ccc32)c1. The van der Waals surface area contributed by atoms with Gasteiger partial charge in [0.05, 0.1) is 0 Å². The van der Waals surface area contributed by atoms with Crippen LogP contribution in [0.2, 0.25) is 0 Å². The zero-order valence-corrected chi connectivity index (χ0v) is 29.5. The third-order valence-electron chi connectivity index (χ3n) is 9.26. The molecule has 9 aromatic rings. The molecule has 0 atom stereocenters. The van der Waals surface area contributed by atoms with Gasteiger partial charge in [0.2, 0.25) is 18.6 Å². The summed E-state index contributed by atoms with van der Waals surface area (Å²) in [6.45, 7) is 0. The normalized spacial score (nSPS) is 11.6. The third-order valence-corrected chi connectivity index (χ3v) is 9.26. The number of ether oxygens (including phenoxy) is 3. The number of nitrogens with zero attached hydrogens (tertiary/aromatic N) is 7.